The van der Waals surface area contributed by atoms with E-state index in [2.05, 4.69) is 15.4 Å². The highest BCUT2D eigenvalue weighted by atomic mass is 16.6. The summed E-state index contributed by atoms with van der Waals surface area (Å²) in [6, 6.07) is 7.12. The molecule has 0 N–H and O–H groups in total. The van der Waals surface area contributed by atoms with Crippen molar-refractivity contribution in [3.05, 3.63) is 29.8 Å². The lowest BCUT2D eigenvalue weighted by Gasteiger charge is -2.21. The molecule has 0 saturated carbocycles. The molecule has 2 aromatic rings. The lowest BCUT2D eigenvalue weighted by Crippen LogP contribution is -2.39. The molecule has 9 nitrogen and oxygen atoms in total. The van der Waals surface area contributed by atoms with E-state index >= 15 is 0 Å². The first kappa shape index (κ1) is 15.6. The fraction of sp³-hybridized carbons (Fsp3) is 0.438. The first-order valence-corrected chi connectivity index (χ1v) is 8.04. The van der Waals surface area contributed by atoms with E-state index in [1.165, 1.54) is 4.80 Å². The van der Waals surface area contributed by atoms with E-state index in [-0.39, 0.29) is 12.0 Å². The predicted molar refractivity (Wildman–Crippen MR) is 86.6 cm³/mol. The van der Waals surface area contributed by atoms with E-state index in [4.69, 9.17) is 4.74 Å². The lowest BCUT2D eigenvalue weighted by atomic mass is 10.0. The quantitative estimate of drug-likeness (QED) is 0.791. The maximum atomic E-state index is 12.7. The Hall–Kier alpha value is -2.97. The molecule has 0 radical (unpaired) electrons. The third-order valence-electron chi connectivity index (χ3n) is 4.64. The van der Waals surface area contributed by atoms with Crippen LogP contribution in [0, 0.1) is 0 Å². The number of ether oxygens (including phenoxy) is 1. The van der Waals surface area contributed by atoms with Gasteiger partial charge in [-0.05, 0) is 17.3 Å². The summed E-state index contributed by atoms with van der Waals surface area (Å²) in [4.78, 5) is 29.0. The van der Waals surface area contributed by atoms with Gasteiger partial charge in [-0.25, -0.2) is 4.79 Å². The molecule has 2 aliphatic heterocycles. The SMILES string of the molecule is CN1C[C@@]2(CCN(C(=O)c3ccc(-c4nnn(C)n4)cc3)C2)OC1=O. The van der Waals surface area contributed by atoms with Gasteiger partial charge in [-0.3, -0.25) is 4.79 Å². The van der Waals surface area contributed by atoms with Gasteiger partial charge in [0.1, 0.15) is 0 Å². The molecule has 1 aromatic carbocycles. The molecular formula is C16H18N6O3. The zero-order valence-corrected chi connectivity index (χ0v) is 14.0. The molecule has 2 fully saturated rings. The van der Waals surface area contributed by atoms with Gasteiger partial charge < -0.3 is 14.5 Å². The largest absolute Gasteiger partial charge is 0.439 e. The summed E-state index contributed by atoms with van der Waals surface area (Å²) in [5.41, 5.74) is 0.821. The number of carbonyl (C=O) groups is 2. The number of benzene rings is 1. The number of aromatic nitrogens is 4. The second-order valence-electron chi connectivity index (χ2n) is 6.56. The fourth-order valence-electron chi connectivity index (χ4n) is 3.37. The Morgan fingerprint density at radius 1 is 1.20 bits per heavy atom. The van der Waals surface area contributed by atoms with Gasteiger partial charge in [0.15, 0.2) is 5.60 Å². The summed E-state index contributed by atoms with van der Waals surface area (Å²) >= 11 is 0. The third-order valence-corrected chi connectivity index (χ3v) is 4.64. The molecule has 0 unspecified atom stereocenters. The monoisotopic (exact) mass is 342 g/mol. The standard InChI is InChI=1S/C16H18N6O3/c1-20-9-16(25-15(20)24)7-8-22(10-16)14(23)12-5-3-11(4-6-12)13-17-19-21(2)18-13/h3-6H,7-10H2,1-2H3/t16-/m1/s1. The van der Waals surface area contributed by atoms with Gasteiger partial charge in [0.25, 0.3) is 5.91 Å². The zero-order valence-electron chi connectivity index (χ0n) is 14.0. The third kappa shape index (κ3) is 2.71. The topological polar surface area (TPSA) is 93.5 Å². The summed E-state index contributed by atoms with van der Waals surface area (Å²) in [7, 11) is 3.41. The fourth-order valence-corrected chi connectivity index (χ4v) is 3.37. The summed E-state index contributed by atoms with van der Waals surface area (Å²) < 4.78 is 5.48. The van der Waals surface area contributed by atoms with E-state index in [9.17, 15) is 9.59 Å². The molecule has 1 aromatic heterocycles. The predicted octanol–water partition coefficient (Wildman–Crippen LogP) is 0.544. The van der Waals surface area contributed by atoms with Gasteiger partial charge in [-0.1, -0.05) is 12.1 Å². The molecule has 9 heteroatoms. The van der Waals surface area contributed by atoms with Crippen molar-refractivity contribution in [3.63, 3.8) is 0 Å². The Labute approximate surface area is 144 Å². The van der Waals surface area contributed by atoms with Crippen molar-refractivity contribution in [2.45, 2.75) is 12.0 Å². The molecule has 1 atom stereocenters. The number of hydrogen-bond donors (Lipinski definition) is 0. The molecule has 2 aliphatic rings. The number of tetrazole rings is 1. The van der Waals surface area contributed by atoms with Crippen LogP contribution in [-0.4, -0.2) is 74.3 Å². The smallest absolute Gasteiger partial charge is 0.410 e. The van der Waals surface area contributed by atoms with Crippen LogP contribution in [-0.2, 0) is 11.8 Å². The van der Waals surface area contributed by atoms with Gasteiger partial charge in [-0.15, -0.1) is 10.2 Å². The summed E-state index contributed by atoms with van der Waals surface area (Å²) in [5, 5.41) is 11.9. The number of carbonyl (C=O) groups excluding carboxylic acids is 2. The molecule has 2 amide bonds. The number of aryl methyl sites for hydroxylation is 1. The van der Waals surface area contributed by atoms with Crippen molar-refractivity contribution in [1.29, 1.82) is 0 Å². The molecule has 130 valence electrons. The minimum atomic E-state index is -0.565. The van der Waals surface area contributed by atoms with Crippen LogP contribution in [0.15, 0.2) is 24.3 Å². The zero-order chi connectivity index (χ0) is 17.6. The van der Waals surface area contributed by atoms with E-state index < -0.39 is 5.60 Å². The first-order valence-electron chi connectivity index (χ1n) is 8.04. The molecule has 0 aliphatic carbocycles. The minimum absolute atomic E-state index is 0.0684. The maximum Gasteiger partial charge on any atom is 0.410 e. The van der Waals surface area contributed by atoms with Crippen molar-refractivity contribution in [3.8, 4) is 11.4 Å². The Kier molecular flexibility index (Phi) is 3.45. The van der Waals surface area contributed by atoms with Crippen LogP contribution >= 0.6 is 0 Å². The van der Waals surface area contributed by atoms with Gasteiger partial charge in [0, 0.05) is 31.1 Å². The van der Waals surface area contributed by atoms with Gasteiger partial charge in [-0.2, -0.15) is 4.80 Å². The first-order chi connectivity index (χ1) is 12.0. The highest BCUT2D eigenvalue weighted by molar-refractivity contribution is 5.95. The molecule has 1 spiro atoms. The summed E-state index contributed by atoms with van der Waals surface area (Å²) in [6.45, 7) is 1.52. The summed E-state index contributed by atoms with van der Waals surface area (Å²) in [6.07, 6.45) is 0.339. The van der Waals surface area contributed by atoms with Crippen molar-refractivity contribution in [1.82, 2.24) is 30.0 Å². The lowest BCUT2D eigenvalue weighted by molar-refractivity contribution is 0.0553. The van der Waals surface area contributed by atoms with E-state index in [1.54, 1.807) is 48.2 Å². The van der Waals surface area contributed by atoms with Crippen molar-refractivity contribution in [2.75, 3.05) is 26.7 Å². The van der Waals surface area contributed by atoms with Crippen LogP contribution in [0.3, 0.4) is 0 Å². The van der Waals surface area contributed by atoms with Crippen LogP contribution in [0.5, 0.6) is 0 Å². The Balaban J connectivity index is 1.47. The number of likely N-dealkylation sites (N-methyl/N-ethyl adjacent to an activating group) is 1. The molecule has 4 rings (SSSR count). The maximum absolute atomic E-state index is 12.7. The van der Waals surface area contributed by atoms with Crippen LogP contribution in [0.1, 0.15) is 16.8 Å². The minimum Gasteiger partial charge on any atom is -0.439 e. The van der Waals surface area contributed by atoms with Crippen molar-refractivity contribution < 1.29 is 14.3 Å². The highest BCUT2D eigenvalue weighted by Crippen LogP contribution is 2.32. The van der Waals surface area contributed by atoms with E-state index in [0.29, 0.717) is 37.4 Å². The molecule has 25 heavy (non-hydrogen) atoms. The average Bonchev–Trinajstić information content (AvgIpc) is 3.28. The second-order valence-corrected chi connectivity index (χ2v) is 6.56. The normalized spacial score (nSPS) is 22.7. The number of rotatable bonds is 2. The molecule has 0 bridgehead atoms. The average molecular weight is 342 g/mol. The molecular weight excluding hydrogens is 324 g/mol. The van der Waals surface area contributed by atoms with Crippen molar-refractivity contribution in [2.24, 2.45) is 7.05 Å². The Morgan fingerprint density at radius 2 is 1.96 bits per heavy atom. The van der Waals surface area contributed by atoms with E-state index in [0.717, 1.165) is 5.56 Å². The number of likely N-dealkylation sites (tertiary alicyclic amines) is 1. The van der Waals surface area contributed by atoms with Gasteiger partial charge in [0.2, 0.25) is 5.82 Å². The van der Waals surface area contributed by atoms with Crippen molar-refractivity contribution >= 4 is 12.0 Å². The number of nitrogens with zero attached hydrogens (tertiary/aromatic N) is 6. The van der Waals surface area contributed by atoms with Crippen LogP contribution in [0.2, 0.25) is 0 Å². The molecule has 2 saturated heterocycles. The molecule has 3 heterocycles. The Bertz CT molecular complexity index is 833. The number of amides is 2. The highest BCUT2D eigenvalue weighted by Gasteiger charge is 2.49. The van der Waals surface area contributed by atoms with Gasteiger partial charge in [0.05, 0.1) is 20.1 Å². The van der Waals surface area contributed by atoms with E-state index in [1.807, 2.05) is 0 Å². The Morgan fingerprint density at radius 3 is 2.56 bits per heavy atom. The van der Waals surface area contributed by atoms with Crippen LogP contribution in [0.25, 0.3) is 11.4 Å². The summed E-state index contributed by atoms with van der Waals surface area (Å²) in [5.74, 6) is 0.448. The van der Waals surface area contributed by atoms with Crippen LogP contribution < -0.4 is 0 Å². The second kappa shape index (κ2) is 5.54. The van der Waals surface area contributed by atoms with Gasteiger partial charge >= 0.3 is 6.09 Å². The van der Waals surface area contributed by atoms with Crippen LogP contribution in [0.4, 0.5) is 4.79 Å². The number of hydrogen-bond acceptors (Lipinski definition) is 6.